The lowest BCUT2D eigenvalue weighted by atomic mass is 9.82. The number of benzene rings is 1. The van der Waals surface area contributed by atoms with E-state index < -0.39 is 23.1 Å². The summed E-state index contributed by atoms with van der Waals surface area (Å²) in [5.41, 5.74) is -1.85. The molecule has 0 bridgehead atoms. The van der Waals surface area contributed by atoms with Crippen LogP contribution in [0.15, 0.2) is 18.2 Å². The summed E-state index contributed by atoms with van der Waals surface area (Å²) in [7, 11) is 0. The number of alkyl halides is 3. The molecule has 1 fully saturated rings. The normalized spacial score (nSPS) is 20.4. The Balaban J connectivity index is 0.00000161. The van der Waals surface area contributed by atoms with E-state index in [1.54, 1.807) is 0 Å². The van der Waals surface area contributed by atoms with E-state index in [2.05, 4.69) is 5.32 Å². The lowest BCUT2D eigenvalue weighted by Gasteiger charge is -2.41. The van der Waals surface area contributed by atoms with Crippen LogP contribution in [0.5, 0.6) is 5.75 Å². The monoisotopic (exact) mass is 321 g/mol. The van der Waals surface area contributed by atoms with Gasteiger partial charge in [0.1, 0.15) is 11.4 Å². The Morgan fingerprint density at radius 1 is 1.19 bits per heavy atom. The fraction of sp³-hybridized carbons (Fsp3) is 0.500. The lowest BCUT2D eigenvalue weighted by molar-refractivity contribution is -0.138. The van der Waals surface area contributed by atoms with E-state index in [4.69, 9.17) is 4.74 Å². The number of carbonyl (C=O) groups is 1. The maximum atomic E-state index is 13.0. The number of fused-ring (bicyclic) bond motifs is 1. The zero-order chi connectivity index (χ0) is 14.4. The second kappa shape index (κ2) is 5.50. The van der Waals surface area contributed by atoms with Crippen molar-refractivity contribution in [3.8, 4) is 5.75 Å². The maximum Gasteiger partial charge on any atom is 0.417 e. The summed E-state index contributed by atoms with van der Waals surface area (Å²) in [6.45, 7) is 1.42. The highest BCUT2D eigenvalue weighted by Crippen LogP contribution is 2.43. The Morgan fingerprint density at radius 3 is 2.48 bits per heavy atom. The molecular formula is C14H15ClF3NO2. The number of halogens is 4. The van der Waals surface area contributed by atoms with E-state index in [1.807, 2.05) is 0 Å². The van der Waals surface area contributed by atoms with E-state index in [0.29, 0.717) is 25.9 Å². The van der Waals surface area contributed by atoms with Gasteiger partial charge in [0.05, 0.1) is 17.5 Å². The van der Waals surface area contributed by atoms with Crippen LogP contribution in [-0.4, -0.2) is 24.5 Å². The molecule has 2 heterocycles. The highest BCUT2D eigenvalue weighted by molar-refractivity contribution is 6.02. The molecule has 3 nitrogen and oxygen atoms in total. The molecule has 3 rings (SSSR count). The third-order valence-corrected chi connectivity index (χ3v) is 3.93. The van der Waals surface area contributed by atoms with Crippen molar-refractivity contribution in [1.82, 2.24) is 5.32 Å². The predicted molar refractivity (Wildman–Crippen MR) is 73.1 cm³/mol. The van der Waals surface area contributed by atoms with Crippen LogP contribution in [0.2, 0.25) is 0 Å². The summed E-state index contributed by atoms with van der Waals surface area (Å²) >= 11 is 0. The predicted octanol–water partition coefficient (Wildman–Crippen LogP) is 3.21. The molecule has 2 aliphatic rings. The molecule has 116 valence electrons. The smallest absolute Gasteiger partial charge is 0.417 e. The molecular weight excluding hydrogens is 307 g/mol. The number of ketones is 1. The van der Waals surface area contributed by atoms with Crippen molar-refractivity contribution in [1.29, 1.82) is 0 Å². The van der Waals surface area contributed by atoms with Gasteiger partial charge in [-0.2, -0.15) is 13.2 Å². The standard InChI is InChI=1S/C14H14F3NO2.ClH/c15-14(16,17)9-2-1-3-11-12(9)10(19)8-13(20-11)4-6-18-7-5-13;/h1-3,18H,4-8H2;1H. The zero-order valence-electron chi connectivity index (χ0n) is 11.1. The van der Waals surface area contributed by atoms with E-state index >= 15 is 0 Å². The van der Waals surface area contributed by atoms with Gasteiger partial charge in [-0.1, -0.05) is 6.07 Å². The number of piperidine rings is 1. The molecule has 1 N–H and O–H groups in total. The van der Waals surface area contributed by atoms with Gasteiger partial charge in [-0.05, 0) is 25.2 Å². The minimum absolute atomic E-state index is 0. The van der Waals surface area contributed by atoms with Crippen molar-refractivity contribution < 1.29 is 22.7 Å². The number of carbonyl (C=O) groups excluding carboxylic acids is 1. The number of Topliss-reactive ketones (excluding diaryl/α,β-unsaturated/α-hetero) is 1. The van der Waals surface area contributed by atoms with Gasteiger partial charge in [-0.3, -0.25) is 4.79 Å². The van der Waals surface area contributed by atoms with Gasteiger partial charge in [-0.25, -0.2) is 0 Å². The summed E-state index contributed by atoms with van der Waals surface area (Å²) in [6.07, 6.45) is -3.25. The molecule has 0 unspecified atom stereocenters. The second-order valence-corrected chi connectivity index (χ2v) is 5.31. The first-order valence-corrected chi connectivity index (χ1v) is 6.54. The Labute approximate surface area is 126 Å². The van der Waals surface area contributed by atoms with E-state index in [1.165, 1.54) is 12.1 Å². The molecule has 0 atom stereocenters. The molecule has 0 saturated carbocycles. The SMILES string of the molecule is Cl.O=C1CC2(CCNCC2)Oc2cccc(C(F)(F)F)c21. The van der Waals surface area contributed by atoms with Crippen LogP contribution >= 0.6 is 12.4 Å². The minimum Gasteiger partial charge on any atom is -0.486 e. The number of nitrogens with one attached hydrogen (secondary N) is 1. The first kappa shape index (κ1) is 16.1. The van der Waals surface area contributed by atoms with Gasteiger partial charge in [0, 0.05) is 12.8 Å². The highest BCUT2D eigenvalue weighted by atomic mass is 35.5. The molecule has 1 saturated heterocycles. The molecule has 21 heavy (non-hydrogen) atoms. The zero-order valence-corrected chi connectivity index (χ0v) is 11.9. The molecule has 7 heteroatoms. The quantitative estimate of drug-likeness (QED) is 0.797. The van der Waals surface area contributed by atoms with E-state index in [-0.39, 0.29) is 30.1 Å². The van der Waals surface area contributed by atoms with Crippen LogP contribution in [0, 0.1) is 0 Å². The largest absolute Gasteiger partial charge is 0.486 e. The fourth-order valence-corrected chi connectivity index (χ4v) is 2.95. The Kier molecular flexibility index (Phi) is 4.22. The first-order valence-electron chi connectivity index (χ1n) is 6.54. The highest BCUT2D eigenvalue weighted by Gasteiger charge is 2.45. The molecule has 0 amide bonds. The van der Waals surface area contributed by atoms with Crippen molar-refractivity contribution in [2.24, 2.45) is 0 Å². The number of ether oxygens (including phenoxy) is 1. The van der Waals surface area contributed by atoms with Crippen LogP contribution in [0.3, 0.4) is 0 Å². The number of hydrogen-bond donors (Lipinski definition) is 1. The van der Waals surface area contributed by atoms with Gasteiger partial charge in [0.15, 0.2) is 5.78 Å². The number of hydrogen-bond acceptors (Lipinski definition) is 3. The third kappa shape index (κ3) is 2.87. The molecule has 0 radical (unpaired) electrons. The molecule has 0 aromatic heterocycles. The summed E-state index contributed by atoms with van der Waals surface area (Å²) in [4.78, 5) is 12.2. The van der Waals surface area contributed by atoms with Crippen molar-refractivity contribution in [2.75, 3.05) is 13.1 Å². The van der Waals surface area contributed by atoms with Gasteiger partial charge < -0.3 is 10.1 Å². The topological polar surface area (TPSA) is 38.3 Å². The van der Waals surface area contributed by atoms with Crippen LogP contribution in [-0.2, 0) is 6.18 Å². The average Bonchev–Trinajstić information content (AvgIpc) is 2.37. The van der Waals surface area contributed by atoms with Crippen LogP contribution in [0.1, 0.15) is 35.2 Å². The lowest BCUT2D eigenvalue weighted by Crippen LogP contribution is -2.50. The Bertz CT molecular complexity index is 554. The molecule has 1 aromatic rings. The average molecular weight is 322 g/mol. The number of rotatable bonds is 0. The summed E-state index contributed by atoms with van der Waals surface area (Å²) in [5.74, 6) is -0.404. The second-order valence-electron chi connectivity index (χ2n) is 5.31. The fourth-order valence-electron chi connectivity index (χ4n) is 2.95. The van der Waals surface area contributed by atoms with Crippen molar-refractivity contribution in [3.63, 3.8) is 0 Å². The molecule has 1 aromatic carbocycles. The van der Waals surface area contributed by atoms with Crippen LogP contribution in [0.4, 0.5) is 13.2 Å². The minimum atomic E-state index is -4.54. The summed E-state index contributed by atoms with van der Waals surface area (Å²) in [6, 6.07) is 3.67. The van der Waals surface area contributed by atoms with Crippen molar-refractivity contribution in [2.45, 2.75) is 31.0 Å². The van der Waals surface area contributed by atoms with Gasteiger partial charge in [0.25, 0.3) is 0 Å². The third-order valence-electron chi connectivity index (χ3n) is 3.93. The van der Waals surface area contributed by atoms with Crippen molar-refractivity contribution >= 4 is 18.2 Å². The van der Waals surface area contributed by atoms with Gasteiger partial charge >= 0.3 is 6.18 Å². The van der Waals surface area contributed by atoms with Gasteiger partial charge in [-0.15, -0.1) is 12.4 Å². The Hall–Kier alpha value is -1.27. The van der Waals surface area contributed by atoms with Gasteiger partial charge in [0.2, 0.25) is 0 Å². The van der Waals surface area contributed by atoms with Crippen LogP contribution < -0.4 is 10.1 Å². The first-order chi connectivity index (χ1) is 9.41. The summed E-state index contributed by atoms with van der Waals surface area (Å²) in [5, 5.41) is 3.16. The summed E-state index contributed by atoms with van der Waals surface area (Å²) < 4.78 is 44.7. The molecule has 0 aliphatic carbocycles. The van der Waals surface area contributed by atoms with Crippen molar-refractivity contribution in [3.05, 3.63) is 29.3 Å². The maximum absolute atomic E-state index is 13.0. The molecule has 2 aliphatic heterocycles. The molecule has 1 spiro atoms. The van der Waals surface area contributed by atoms with Crippen LogP contribution in [0.25, 0.3) is 0 Å². The van der Waals surface area contributed by atoms with E-state index in [0.717, 1.165) is 6.07 Å². The van der Waals surface area contributed by atoms with E-state index in [9.17, 15) is 18.0 Å². The Morgan fingerprint density at radius 2 is 1.86 bits per heavy atom.